The van der Waals surface area contributed by atoms with Gasteiger partial charge in [0.25, 0.3) is 0 Å². The van der Waals surface area contributed by atoms with Gasteiger partial charge in [0.1, 0.15) is 0 Å². The number of aromatic nitrogens is 2. The summed E-state index contributed by atoms with van der Waals surface area (Å²) >= 11 is 0. The third-order valence-corrected chi connectivity index (χ3v) is 4.95. The van der Waals surface area contributed by atoms with Crippen LogP contribution in [0, 0.1) is 0 Å². The SMILES string of the molecule is CC(C)c1ccccc1-c1ncc(N)c(NCc2ccc(N3C=CCN3)cc2)n1. The molecule has 4 N–H and O–H groups in total. The second-order valence-electron chi connectivity index (χ2n) is 7.38. The fraction of sp³-hybridized carbons (Fsp3) is 0.217. The first kappa shape index (κ1) is 19.0. The van der Waals surface area contributed by atoms with E-state index in [0.717, 1.165) is 23.4 Å². The summed E-state index contributed by atoms with van der Waals surface area (Å²) in [6.45, 7) is 5.84. The van der Waals surface area contributed by atoms with Gasteiger partial charge in [0, 0.05) is 24.9 Å². The van der Waals surface area contributed by atoms with Crippen molar-refractivity contribution in [2.75, 3.05) is 22.6 Å². The highest BCUT2D eigenvalue weighted by atomic mass is 15.5. The molecule has 1 aromatic heterocycles. The maximum absolute atomic E-state index is 6.13. The normalized spacial score (nSPS) is 13.3. The van der Waals surface area contributed by atoms with Crippen molar-refractivity contribution in [2.24, 2.45) is 0 Å². The first-order valence-corrected chi connectivity index (χ1v) is 9.86. The smallest absolute Gasteiger partial charge is 0.161 e. The number of hydrogen-bond acceptors (Lipinski definition) is 6. The summed E-state index contributed by atoms with van der Waals surface area (Å²) in [6.07, 6.45) is 5.80. The highest BCUT2D eigenvalue weighted by Crippen LogP contribution is 2.28. The predicted molar refractivity (Wildman–Crippen MR) is 119 cm³/mol. The van der Waals surface area contributed by atoms with Gasteiger partial charge in [0.05, 0.1) is 17.6 Å². The van der Waals surface area contributed by atoms with E-state index in [9.17, 15) is 0 Å². The molecule has 148 valence electrons. The molecular weight excluding hydrogens is 360 g/mol. The van der Waals surface area contributed by atoms with Gasteiger partial charge in [0.2, 0.25) is 0 Å². The third-order valence-electron chi connectivity index (χ3n) is 4.95. The topological polar surface area (TPSA) is 79.1 Å². The average molecular weight is 387 g/mol. The van der Waals surface area contributed by atoms with Crippen LogP contribution in [0.25, 0.3) is 11.4 Å². The summed E-state index contributed by atoms with van der Waals surface area (Å²) in [6, 6.07) is 16.6. The fourth-order valence-corrected chi connectivity index (χ4v) is 3.37. The molecule has 0 unspecified atom stereocenters. The number of anilines is 3. The first-order valence-electron chi connectivity index (χ1n) is 9.86. The largest absolute Gasteiger partial charge is 0.394 e. The highest BCUT2D eigenvalue weighted by molar-refractivity contribution is 5.68. The Morgan fingerprint density at radius 1 is 1.14 bits per heavy atom. The van der Waals surface area contributed by atoms with Crippen molar-refractivity contribution in [1.82, 2.24) is 15.4 Å². The van der Waals surface area contributed by atoms with Crippen LogP contribution in [0.2, 0.25) is 0 Å². The molecule has 0 radical (unpaired) electrons. The number of rotatable bonds is 6. The molecule has 0 fully saturated rings. The minimum atomic E-state index is 0.391. The summed E-state index contributed by atoms with van der Waals surface area (Å²) in [7, 11) is 0. The van der Waals surface area contributed by atoms with Crippen LogP contribution in [0.15, 0.2) is 67.0 Å². The summed E-state index contributed by atoms with van der Waals surface area (Å²) in [5.41, 5.74) is 14.5. The van der Waals surface area contributed by atoms with Gasteiger partial charge in [-0.15, -0.1) is 0 Å². The lowest BCUT2D eigenvalue weighted by molar-refractivity contribution is 0.814. The van der Waals surface area contributed by atoms with E-state index in [1.165, 1.54) is 5.56 Å². The van der Waals surface area contributed by atoms with Crippen molar-refractivity contribution in [1.29, 1.82) is 0 Å². The van der Waals surface area contributed by atoms with E-state index in [4.69, 9.17) is 10.7 Å². The van der Waals surface area contributed by atoms with Gasteiger partial charge in [-0.3, -0.25) is 5.01 Å². The van der Waals surface area contributed by atoms with Crippen LogP contribution in [-0.4, -0.2) is 16.5 Å². The molecule has 2 aromatic carbocycles. The van der Waals surface area contributed by atoms with E-state index in [1.807, 2.05) is 23.3 Å². The lowest BCUT2D eigenvalue weighted by atomic mass is 9.97. The van der Waals surface area contributed by atoms with Gasteiger partial charge in [-0.2, -0.15) is 0 Å². The van der Waals surface area contributed by atoms with Gasteiger partial charge in [-0.25, -0.2) is 15.4 Å². The maximum atomic E-state index is 6.13. The Morgan fingerprint density at radius 3 is 2.66 bits per heavy atom. The van der Waals surface area contributed by atoms with Crippen molar-refractivity contribution in [3.63, 3.8) is 0 Å². The lowest BCUT2D eigenvalue weighted by Crippen LogP contribution is -2.28. The molecule has 6 nitrogen and oxygen atoms in total. The molecule has 0 amide bonds. The van der Waals surface area contributed by atoms with Crippen LogP contribution in [0.4, 0.5) is 17.2 Å². The average Bonchev–Trinajstić information content (AvgIpc) is 3.28. The monoisotopic (exact) mass is 386 g/mol. The zero-order valence-corrected chi connectivity index (χ0v) is 16.8. The summed E-state index contributed by atoms with van der Waals surface area (Å²) in [5, 5.41) is 5.37. The van der Waals surface area contributed by atoms with E-state index >= 15 is 0 Å². The highest BCUT2D eigenvalue weighted by Gasteiger charge is 2.12. The van der Waals surface area contributed by atoms with Gasteiger partial charge < -0.3 is 11.1 Å². The standard InChI is InChI=1S/C23H26N6/c1-16(2)19-6-3-4-7-20(19)22-26-15-21(24)23(28-22)25-14-17-8-10-18(11-9-17)29-13-5-12-27-29/h3-11,13,15-16,27H,12,14,24H2,1-2H3,(H,25,26,28). The Balaban J connectivity index is 1.51. The van der Waals surface area contributed by atoms with Crippen molar-refractivity contribution in [3.8, 4) is 11.4 Å². The van der Waals surface area contributed by atoms with E-state index in [0.29, 0.717) is 29.8 Å². The molecule has 1 aliphatic rings. The van der Waals surface area contributed by atoms with E-state index < -0.39 is 0 Å². The molecule has 6 heteroatoms. The molecule has 0 bridgehead atoms. The minimum absolute atomic E-state index is 0.391. The van der Waals surface area contributed by atoms with Crippen molar-refractivity contribution < 1.29 is 0 Å². The molecule has 1 aliphatic heterocycles. The quantitative estimate of drug-likeness (QED) is 0.586. The van der Waals surface area contributed by atoms with Crippen LogP contribution in [0.3, 0.4) is 0 Å². The number of nitrogen functional groups attached to an aromatic ring is 1. The minimum Gasteiger partial charge on any atom is -0.394 e. The van der Waals surface area contributed by atoms with E-state index in [1.54, 1.807) is 6.20 Å². The summed E-state index contributed by atoms with van der Waals surface area (Å²) < 4.78 is 0. The molecule has 4 rings (SSSR count). The van der Waals surface area contributed by atoms with Gasteiger partial charge in [-0.1, -0.05) is 56.3 Å². The molecule has 3 aromatic rings. The van der Waals surface area contributed by atoms with Gasteiger partial charge in [0.15, 0.2) is 11.6 Å². The van der Waals surface area contributed by atoms with Gasteiger partial charge >= 0.3 is 0 Å². The van der Waals surface area contributed by atoms with Crippen LogP contribution < -0.4 is 21.5 Å². The van der Waals surface area contributed by atoms with Crippen LogP contribution >= 0.6 is 0 Å². The van der Waals surface area contributed by atoms with Crippen LogP contribution in [-0.2, 0) is 6.54 Å². The molecule has 0 saturated carbocycles. The van der Waals surface area contributed by atoms with Crippen LogP contribution in [0.5, 0.6) is 0 Å². The number of nitrogens with two attached hydrogens (primary N) is 1. The molecule has 0 atom stereocenters. The van der Waals surface area contributed by atoms with Crippen LogP contribution in [0.1, 0.15) is 30.9 Å². The Bertz CT molecular complexity index is 1010. The fourth-order valence-electron chi connectivity index (χ4n) is 3.37. The Kier molecular flexibility index (Phi) is 5.44. The zero-order chi connectivity index (χ0) is 20.2. The van der Waals surface area contributed by atoms with Crippen molar-refractivity contribution in [2.45, 2.75) is 26.3 Å². The summed E-state index contributed by atoms with van der Waals surface area (Å²) in [4.78, 5) is 9.17. The lowest BCUT2D eigenvalue weighted by Gasteiger charge is -2.16. The third kappa shape index (κ3) is 4.22. The Labute approximate surface area is 171 Å². The zero-order valence-electron chi connectivity index (χ0n) is 16.8. The molecule has 2 heterocycles. The first-order chi connectivity index (χ1) is 14.1. The maximum Gasteiger partial charge on any atom is 0.161 e. The van der Waals surface area contributed by atoms with Crippen molar-refractivity contribution in [3.05, 3.63) is 78.1 Å². The number of benzene rings is 2. The second-order valence-corrected chi connectivity index (χ2v) is 7.38. The second kappa shape index (κ2) is 8.32. The Hall–Kier alpha value is -3.38. The van der Waals surface area contributed by atoms with Gasteiger partial charge in [-0.05, 0) is 29.2 Å². The molecule has 29 heavy (non-hydrogen) atoms. The molecule has 0 aliphatic carbocycles. The molecule has 0 saturated heterocycles. The Morgan fingerprint density at radius 2 is 1.93 bits per heavy atom. The van der Waals surface area contributed by atoms with E-state index in [-0.39, 0.29) is 0 Å². The number of nitrogens with one attached hydrogen (secondary N) is 2. The molecule has 0 spiro atoms. The number of hydrogen-bond donors (Lipinski definition) is 3. The molecular formula is C23H26N6. The number of nitrogens with zero attached hydrogens (tertiary/aromatic N) is 3. The van der Waals surface area contributed by atoms with Crippen molar-refractivity contribution >= 4 is 17.2 Å². The van der Waals surface area contributed by atoms with E-state index in [2.05, 4.69) is 72.0 Å². The number of hydrazine groups is 1. The predicted octanol–water partition coefficient (Wildman–Crippen LogP) is 4.30. The summed E-state index contributed by atoms with van der Waals surface area (Å²) in [5.74, 6) is 1.73.